The second kappa shape index (κ2) is 27.4. The molecule has 0 unspecified atom stereocenters. The average molecular weight is 1580 g/mol. The molecule has 584 valence electrons. The van der Waals surface area contributed by atoms with Crippen LogP contribution in [0.5, 0.6) is 0 Å². The average Bonchev–Trinajstić information content (AvgIpc) is 1.57. The van der Waals surface area contributed by atoms with Crippen molar-refractivity contribution in [2.45, 2.75) is 57.8 Å². The largest absolute Gasteiger partial charge is 0.456 e. The first-order valence-corrected chi connectivity index (χ1v) is 42.6. The molecule has 0 fully saturated rings. The predicted octanol–water partition coefficient (Wildman–Crippen LogP) is 33.2. The third-order valence-corrected chi connectivity index (χ3v) is 27.0. The van der Waals surface area contributed by atoms with Crippen LogP contribution in [0.15, 0.2) is 406 Å². The molecule has 3 aliphatic carbocycles. The summed E-state index contributed by atoms with van der Waals surface area (Å²) in [6.45, 7) is 14.2. The smallest absolute Gasteiger partial charge is 0.143 e. The van der Waals surface area contributed by atoms with Gasteiger partial charge < -0.3 is 27.5 Å². The Hall–Kier alpha value is -15.2. The van der Waals surface area contributed by atoms with Crippen molar-refractivity contribution in [2.75, 3.05) is 9.80 Å². The lowest BCUT2D eigenvalue weighted by atomic mass is 9.81. The lowest BCUT2D eigenvalue weighted by Gasteiger charge is -2.30. The second-order valence-corrected chi connectivity index (χ2v) is 35.0. The fourth-order valence-corrected chi connectivity index (χ4v) is 20.6. The summed E-state index contributed by atoms with van der Waals surface area (Å²) >= 11 is 0. The highest BCUT2D eigenvalue weighted by Gasteiger charge is 2.40. The van der Waals surface area contributed by atoms with E-state index in [1.165, 1.54) is 100 Å². The molecule has 25 rings (SSSR count). The summed E-state index contributed by atoms with van der Waals surface area (Å²) in [4.78, 5) is 4.83. The molecule has 0 amide bonds. The number of hydrogen-bond acceptors (Lipinski definition) is 6. The first kappa shape index (κ1) is 71.8. The summed E-state index contributed by atoms with van der Waals surface area (Å²) in [5, 5.41) is 9.13. The Bertz CT molecular complexity index is 8080. The molecule has 18 aromatic carbocycles. The maximum absolute atomic E-state index is 6.48. The van der Waals surface area contributed by atoms with Gasteiger partial charge in [0.05, 0.1) is 0 Å². The molecule has 0 aliphatic heterocycles. The monoisotopic (exact) mass is 1580 g/mol. The molecule has 123 heavy (non-hydrogen) atoms. The van der Waals surface area contributed by atoms with Crippen LogP contribution in [0.1, 0.15) is 74.9 Å². The molecular formula is C117H82N2O4. The normalized spacial score (nSPS) is 13.6. The van der Waals surface area contributed by atoms with Gasteiger partial charge in [-0.2, -0.15) is 0 Å². The third kappa shape index (κ3) is 11.4. The quantitative estimate of drug-likeness (QED) is 0.129. The fourth-order valence-electron chi connectivity index (χ4n) is 20.6. The molecule has 3 aliphatic rings. The van der Waals surface area contributed by atoms with Crippen LogP contribution in [0.3, 0.4) is 0 Å². The van der Waals surface area contributed by atoms with E-state index in [4.69, 9.17) is 17.7 Å². The molecule has 0 atom stereocenters. The molecule has 22 aromatic rings. The van der Waals surface area contributed by atoms with Crippen molar-refractivity contribution >= 4 is 122 Å². The molecule has 6 nitrogen and oxygen atoms in total. The number of nitrogens with zero attached hydrogens (tertiary/aromatic N) is 2. The van der Waals surface area contributed by atoms with E-state index in [2.05, 4.69) is 397 Å². The number of fused-ring (bicyclic) bond motifs is 21. The van der Waals surface area contributed by atoms with Crippen LogP contribution in [-0.4, -0.2) is 0 Å². The Labute approximate surface area is 713 Å². The van der Waals surface area contributed by atoms with Crippen LogP contribution in [0.25, 0.3) is 177 Å². The van der Waals surface area contributed by atoms with E-state index < -0.39 is 0 Å². The highest BCUT2D eigenvalue weighted by molar-refractivity contribution is 6.12. The van der Waals surface area contributed by atoms with Gasteiger partial charge in [0, 0.05) is 105 Å². The van der Waals surface area contributed by atoms with Crippen LogP contribution in [-0.2, 0) is 16.2 Å². The zero-order valence-corrected chi connectivity index (χ0v) is 69.0. The van der Waals surface area contributed by atoms with E-state index in [0.717, 1.165) is 144 Å². The first-order valence-electron chi connectivity index (χ1n) is 42.6. The van der Waals surface area contributed by atoms with Crippen molar-refractivity contribution in [3.8, 4) is 89.0 Å². The van der Waals surface area contributed by atoms with Crippen LogP contribution in [0.4, 0.5) is 34.1 Å². The van der Waals surface area contributed by atoms with Gasteiger partial charge in [-0.3, -0.25) is 0 Å². The van der Waals surface area contributed by atoms with E-state index in [-0.39, 0.29) is 16.2 Å². The van der Waals surface area contributed by atoms with Crippen molar-refractivity contribution in [1.29, 1.82) is 0 Å². The van der Waals surface area contributed by atoms with E-state index in [0.29, 0.717) is 0 Å². The van der Waals surface area contributed by atoms with E-state index in [9.17, 15) is 0 Å². The molecule has 6 heteroatoms. The van der Waals surface area contributed by atoms with Crippen LogP contribution in [0.2, 0.25) is 0 Å². The topological polar surface area (TPSA) is 59.0 Å². The van der Waals surface area contributed by atoms with Crippen LogP contribution in [0, 0.1) is 0 Å². The number of anilines is 6. The number of benzene rings is 18. The highest BCUT2D eigenvalue weighted by Crippen LogP contribution is 2.56. The number of para-hydroxylation sites is 6. The highest BCUT2D eigenvalue weighted by atomic mass is 16.3. The number of hydrogen-bond donors (Lipinski definition) is 0. The second-order valence-electron chi connectivity index (χ2n) is 35.0. The molecule has 4 heterocycles. The van der Waals surface area contributed by atoms with Gasteiger partial charge in [-0.1, -0.05) is 302 Å². The van der Waals surface area contributed by atoms with Crippen LogP contribution < -0.4 is 9.80 Å². The molecule has 0 saturated heterocycles. The Balaban J connectivity index is 0.000000139. The Morgan fingerprint density at radius 2 is 0.415 bits per heavy atom. The first-order chi connectivity index (χ1) is 60.2. The fraction of sp³-hybridized carbons (Fsp3) is 0.0769. The molecule has 4 aromatic heterocycles. The van der Waals surface area contributed by atoms with Gasteiger partial charge in [0.15, 0.2) is 0 Å². The SMILES string of the molecule is CC1(C)c2ccccc2-c2ccc(N(c3ccc(-c4ccc(-c5ccc6oc7ccccc7c6c5)cc4)cc3)c3ccc(-c4cccc5c4oc4ccccc45)cc3)cc21.CC1(C)c2ccccc2-c2ccc(N(c3ccc(-c4cccc5c4oc4ccccc45)cc3)c3ccc4c(c3)C(C)(C)c3cc(-c5ccc6oc7ccccc7c6c5)ccc3-4)cc21. The summed E-state index contributed by atoms with van der Waals surface area (Å²) in [6.07, 6.45) is 0. The number of furan rings is 4. The molecule has 0 radical (unpaired) electrons. The van der Waals surface area contributed by atoms with Crippen molar-refractivity contribution in [3.63, 3.8) is 0 Å². The zero-order valence-electron chi connectivity index (χ0n) is 69.0. The minimum atomic E-state index is -0.231. The molecule has 0 N–H and O–H groups in total. The Morgan fingerprint density at radius 3 is 0.837 bits per heavy atom. The van der Waals surface area contributed by atoms with Crippen molar-refractivity contribution in [1.82, 2.24) is 0 Å². The zero-order chi connectivity index (χ0) is 82.1. The Morgan fingerprint density at radius 1 is 0.163 bits per heavy atom. The minimum Gasteiger partial charge on any atom is -0.456 e. The van der Waals surface area contributed by atoms with Crippen molar-refractivity contribution < 1.29 is 17.7 Å². The van der Waals surface area contributed by atoms with Crippen molar-refractivity contribution in [2.24, 2.45) is 0 Å². The van der Waals surface area contributed by atoms with Gasteiger partial charge in [-0.15, -0.1) is 0 Å². The van der Waals surface area contributed by atoms with E-state index in [1.807, 2.05) is 42.5 Å². The lowest BCUT2D eigenvalue weighted by Crippen LogP contribution is -2.18. The van der Waals surface area contributed by atoms with Gasteiger partial charge in [0.2, 0.25) is 0 Å². The van der Waals surface area contributed by atoms with Gasteiger partial charge >= 0.3 is 0 Å². The summed E-state index contributed by atoms with van der Waals surface area (Å²) in [6, 6.07) is 141. The summed E-state index contributed by atoms with van der Waals surface area (Å²) in [5.41, 5.74) is 41.0. The standard InChI is InChI=1S/C60H43NO2.C57H39NO2/c1-59(2)51-17-8-5-12-43(51)45-29-26-40(34-53(45)59)61(39-24-20-36(21-25-39)42-15-11-16-49-47-13-6-10-19-56(47)63-58(42)49)41-27-30-46-44-28-22-38(33-52(44)60(3,4)54(46)35-41)37-23-31-57-50(32-37)48-14-7-9-18-55(48)62-57;1-57(2)51-15-6-3-10-45(51)46-32-31-43(35-52(46)57)58(42-29-24-39(25-30-42)44-13-9-14-49-47-11-4-8-17-54(47)60-56(44)49)41-27-22-37(23-28-41)36-18-20-38(21-19-36)40-26-33-55-50(34-40)48-12-5-7-16-53(48)59-55/h5-35H,1-4H3;3-35H,1-2H3. The summed E-state index contributed by atoms with van der Waals surface area (Å²) in [7, 11) is 0. The minimum absolute atomic E-state index is 0.114. The molecule has 0 bridgehead atoms. The summed E-state index contributed by atoms with van der Waals surface area (Å²) < 4.78 is 25.2. The van der Waals surface area contributed by atoms with Gasteiger partial charge in [0.25, 0.3) is 0 Å². The van der Waals surface area contributed by atoms with Crippen LogP contribution >= 0.6 is 0 Å². The molecular weight excluding hydrogens is 1500 g/mol. The third-order valence-electron chi connectivity index (χ3n) is 27.0. The number of rotatable bonds is 11. The van der Waals surface area contributed by atoms with E-state index >= 15 is 0 Å². The molecule has 0 saturated carbocycles. The maximum atomic E-state index is 6.48. The van der Waals surface area contributed by atoms with E-state index in [1.54, 1.807) is 0 Å². The maximum Gasteiger partial charge on any atom is 0.143 e. The molecule has 0 spiro atoms. The van der Waals surface area contributed by atoms with Crippen molar-refractivity contribution in [3.05, 3.63) is 422 Å². The van der Waals surface area contributed by atoms with Gasteiger partial charge in [0.1, 0.15) is 44.7 Å². The lowest BCUT2D eigenvalue weighted by molar-refractivity contribution is 0.660. The van der Waals surface area contributed by atoms with Gasteiger partial charge in [-0.25, -0.2) is 0 Å². The summed E-state index contributed by atoms with van der Waals surface area (Å²) in [5.74, 6) is 0. The van der Waals surface area contributed by atoms with Gasteiger partial charge in [-0.05, 0) is 239 Å². The Kier molecular flexibility index (Phi) is 16.0. The predicted molar refractivity (Wildman–Crippen MR) is 511 cm³/mol.